The maximum Gasteiger partial charge on any atom is 0.128 e. The first-order valence-corrected chi connectivity index (χ1v) is 7.77. The van der Waals surface area contributed by atoms with Crippen molar-refractivity contribution in [3.63, 3.8) is 0 Å². The SMILES string of the molecule is CCCCCC1(Br)C=C(F)C(c2ccccc2)=CC1. The predicted molar refractivity (Wildman–Crippen MR) is 84.0 cm³/mol. The summed E-state index contributed by atoms with van der Waals surface area (Å²) in [5, 5.41) is 0. The van der Waals surface area contributed by atoms with E-state index in [9.17, 15) is 4.39 Å². The molecule has 0 heterocycles. The van der Waals surface area contributed by atoms with Crippen molar-refractivity contribution in [1.82, 2.24) is 0 Å². The van der Waals surface area contributed by atoms with Crippen LogP contribution in [0.15, 0.2) is 48.3 Å². The van der Waals surface area contributed by atoms with Crippen LogP contribution in [0, 0.1) is 0 Å². The van der Waals surface area contributed by atoms with Gasteiger partial charge < -0.3 is 0 Å². The Balaban J connectivity index is 2.10. The van der Waals surface area contributed by atoms with Gasteiger partial charge in [-0.25, -0.2) is 4.39 Å². The molecule has 2 rings (SSSR count). The molecule has 1 aliphatic rings. The van der Waals surface area contributed by atoms with Crippen LogP contribution >= 0.6 is 15.9 Å². The summed E-state index contributed by atoms with van der Waals surface area (Å²) in [7, 11) is 0. The van der Waals surface area contributed by atoms with E-state index in [1.54, 1.807) is 6.08 Å². The van der Waals surface area contributed by atoms with E-state index >= 15 is 0 Å². The molecule has 0 radical (unpaired) electrons. The molecule has 1 unspecified atom stereocenters. The fourth-order valence-electron chi connectivity index (χ4n) is 2.45. The zero-order valence-corrected chi connectivity index (χ0v) is 12.9. The topological polar surface area (TPSA) is 0 Å². The molecule has 0 saturated carbocycles. The quantitative estimate of drug-likeness (QED) is 0.458. The van der Waals surface area contributed by atoms with Crippen molar-refractivity contribution in [3.05, 3.63) is 53.9 Å². The van der Waals surface area contributed by atoms with Crippen LogP contribution in [-0.2, 0) is 0 Å². The molecule has 0 fully saturated rings. The van der Waals surface area contributed by atoms with Gasteiger partial charge in [0.25, 0.3) is 0 Å². The molecule has 1 aliphatic carbocycles. The van der Waals surface area contributed by atoms with E-state index in [2.05, 4.69) is 22.9 Å². The molecule has 0 aliphatic heterocycles. The molecule has 19 heavy (non-hydrogen) atoms. The lowest BCUT2D eigenvalue weighted by Gasteiger charge is -2.27. The Hall–Kier alpha value is -0.890. The minimum Gasteiger partial charge on any atom is -0.207 e. The van der Waals surface area contributed by atoms with E-state index < -0.39 is 0 Å². The zero-order valence-electron chi connectivity index (χ0n) is 11.3. The second-order valence-corrected chi connectivity index (χ2v) is 6.75. The monoisotopic (exact) mass is 322 g/mol. The average Bonchev–Trinajstić information content (AvgIpc) is 2.40. The lowest BCUT2D eigenvalue weighted by molar-refractivity contribution is 0.564. The summed E-state index contributed by atoms with van der Waals surface area (Å²) in [6, 6.07) is 9.75. The molecular weight excluding hydrogens is 303 g/mol. The Morgan fingerprint density at radius 1 is 1.21 bits per heavy atom. The Morgan fingerprint density at radius 2 is 1.95 bits per heavy atom. The molecule has 2 heteroatoms. The number of halogens is 2. The molecule has 0 bridgehead atoms. The molecule has 1 atom stereocenters. The number of rotatable bonds is 5. The van der Waals surface area contributed by atoms with Gasteiger partial charge in [0.05, 0.1) is 4.32 Å². The molecule has 0 aromatic heterocycles. The number of hydrogen-bond acceptors (Lipinski definition) is 0. The first-order chi connectivity index (χ1) is 9.14. The lowest BCUT2D eigenvalue weighted by atomic mass is 9.88. The van der Waals surface area contributed by atoms with Gasteiger partial charge in [-0.05, 0) is 24.5 Å². The smallest absolute Gasteiger partial charge is 0.128 e. The van der Waals surface area contributed by atoms with Gasteiger partial charge in [0.2, 0.25) is 0 Å². The maximum absolute atomic E-state index is 14.3. The van der Waals surface area contributed by atoms with E-state index in [4.69, 9.17) is 0 Å². The lowest BCUT2D eigenvalue weighted by Crippen LogP contribution is -2.20. The summed E-state index contributed by atoms with van der Waals surface area (Å²) in [5.41, 5.74) is 1.69. The third-order valence-electron chi connectivity index (χ3n) is 3.57. The average molecular weight is 323 g/mol. The summed E-state index contributed by atoms with van der Waals surface area (Å²) < 4.78 is 14.1. The highest BCUT2D eigenvalue weighted by atomic mass is 79.9. The molecule has 0 amide bonds. The molecule has 102 valence electrons. The Labute approximate surface area is 123 Å². The van der Waals surface area contributed by atoms with E-state index in [0.717, 1.165) is 30.4 Å². The molecule has 0 nitrogen and oxygen atoms in total. The number of unbranched alkanes of at least 4 members (excludes halogenated alkanes) is 2. The second kappa shape index (κ2) is 6.51. The van der Waals surface area contributed by atoms with Crippen molar-refractivity contribution < 1.29 is 4.39 Å². The van der Waals surface area contributed by atoms with Crippen molar-refractivity contribution in [2.75, 3.05) is 0 Å². The maximum atomic E-state index is 14.3. The van der Waals surface area contributed by atoms with Gasteiger partial charge in [0.1, 0.15) is 5.83 Å². The van der Waals surface area contributed by atoms with E-state index in [0.29, 0.717) is 0 Å². The van der Waals surface area contributed by atoms with Crippen molar-refractivity contribution in [2.45, 2.75) is 43.4 Å². The minimum absolute atomic E-state index is 0.106. The summed E-state index contributed by atoms with van der Waals surface area (Å²) in [6.07, 6.45) is 9.16. The van der Waals surface area contributed by atoms with E-state index in [1.165, 1.54) is 12.8 Å². The molecule has 1 aromatic rings. The van der Waals surface area contributed by atoms with Gasteiger partial charge in [-0.15, -0.1) is 0 Å². The van der Waals surface area contributed by atoms with Crippen LogP contribution in [0.25, 0.3) is 5.57 Å². The van der Waals surface area contributed by atoms with Gasteiger partial charge in [-0.3, -0.25) is 0 Å². The van der Waals surface area contributed by atoms with Gasteiger partial charge in [-0.1, -0.05) is 78.5 Å². The first kappa shape index (κ1) is 14.5. The molecule has 0 saturated heterocycles. The molecular formula is C17H20BrF. The fourth-order valence-corrected chi connectivity index (χ4v) is 3.09. The van der Waals surface area contributed by atoms with Crippen LogP contribution in [0.2, 0.25) is 0 Å². The van der Waals surface area contributed by atoms with Crippen molar-refractivity contribution >= 4 is 21.5 Å². The minimum atomic E-state index is -0.190. The Bertz CT molecular complexity index is 475. The van der Waals surface area contributed by atoms with Crippen LogP contribution in [0.3, 0.4) is 0 Å². The summed E-state index contributed by atoms with van der Waals surface area (Å²) in [5.74, 6) is -0.106. The highest BCUT2D eigenvalue weighted by molar-refractivity contribution is 9.10. The fraction of sp³-hybridized carbons (Fsp3) is 0.412. The summed E-state index contributed by atoms with van der Waals surface area (Å²) >= 11 is 3.71. The first-order valence-electron chi connectivity index (χ1n) is 6.98. The summed E-state index contributed by atoms with van der Waals surface area (Å²) in [6.45, 7) is 2.19. The standard InChI is InChI=1S/C17H20BrF/c1-2-3-7-11-17(18)12-10-15(16(19)13-17)14-8-5-4-6-9-14/h4-6,8-10,13H,2-3,7,11-12H2,1H3. The predicted octanol–water partition coefficient (Wildman–Crippen LogP) is 6.04. The molecule has 0 N–H and O–H groups in total. The van der Waals surface area contributed by atoms with Gasteiger partial charge in [0.15, 0.2) is 0 Å². The summed E-state index contributed by atoms with van der Waals surface area (Å²) in [4.78, 5) is 0. The second-order valence-electron chi connectivity index (χ2n) is 5.17. The Kier molecular flexibility index (Phi) is 4.98. The van der Waals surface area contributed by atoms with Gasteiger partial charge in [0, 0.05) is 5.57 Å². The van der Waals surface area contributed by atoms with E-state index in [-0.39, 0.29) is 10.2 Å². The number of benzene rings is 1. The van der Waals surface area contributed by atoms with Crippen molar-refractivity contribution in [2.24, 2.45) is 0 Å². The third kappa shape index (κ3) is 3.79. The zero-order chi connectivity index (χ0) is 13.7. The Morgan fingerprint density at radius 3 is 2.58 bits per heavy atom. The molecule has 1 aromatic carbocycles. The number of hydrogen-bond donors (Lipinski definition) is 0. The number of alkyl halides is 1. The molecule has 0 spiro atoms. The van der Waals surface area contributed by atoms with Crippen LogP contribution in [0.5, 0.6) is 0 Å². The normalized spacial score (nSPS) is 22.9. The van der Waals surface area contributed by atoms with Crippen LogP contribution in [0.1, 0.15) is 44.6 Å². The van der Waals surface area contributed by atoms with E-state index in [1.807, 2.05) is 36.4 Å². The van der Waals surface area contributed by atoms with Crippen molar-refractivity contribution in [3.8, 4) is 0 Å². The highest BCUT2D eigenvalue weighted by Crippen LogP contribution is 2.40. The number of allylic oxidation sites excluding steroid dienone is 4. The largest absolute Gasteiger partial charge is 0.207 e. The van der Waals surface area contributed by atoms with Crippen LogP contribution < -0.4 is 0 Å². The van der Waals surface area contributed by atoms with Gasteiger partial charge in [-0.2, -0.15) is 0 Å². The van der Waals surface area contributed by atoms with Crippen molar-refractivity contribution in [1.29, 1.82) is 0 Å². The van der Waals surface area contributed by atoms with Crippen LogP contribution in [-0.4, -0.2) is 4.32 Å². The highest BCUT2D eigenvalue weighted by Gasteiger charge is 2.28. The van der Waals surface area contributed by atoms with Crippen LogP contribution in [0.4, 0.5) is 4.39 Å². The third-order valence-corrected chi connectivity index (χ3v) is 4.52. The van der Waals surface area contributed by atoms with Gasteiger partial charge >= 0.3 is 0 Å².